The Morgan fingerprint density at radius 1 is 1.47 bits per heavy atom. The molecule has 0 bridgehead atoms. The smallest absolute Gasteiger partial charge is 0.234 e. The van der Waals surface area contributed by atoms with Gasteiger partial charge in [-0.05, 0) is 25.5 Å². The van der Waals surface area contributed by atoms with Gasteiger partial charge in [-0.1, -0.05) is 17.7 Å². The van der Waals surface area contributed by atoms with Crippen LogP contribution in [-0.4, -0.2) is 47.8 Å². The predicted molar refractivity (Wildman–Crippen MR) is 71.9 cm³/mol. The third-order valence-corrected chi connectivity index (χ3v) is 3.38. The summed E-state index contributed by atoms with van der Waals surface area (Å²) in [5.74, 6) is 0.424. The van der Waals surface area contributed by atoms with Crippen molar-refractivity contribution in [3.63, 3.8) is 0 Å². The molecule has 1 aromatic carbocycles. The van der Waals surface area contributed by atoms with E-state index >= 15 is 0 Å². The van der Waals surface area contributed by atoms with Crippen LogP contribution in [0.5, 0.6) is 5.75 Å². The zero-order valence-corrected chi connectivity index (χ0v) is 11.1. The van der Waals surface area contributed by atoms with Crippen LogP contribution in [0.25, 0.3) is 0 Å². The van der Waals surface area contributed by atoms with Gasteiger partial charge >= 0.3 is 0 Å². The first-order valence-electron chi connectivity index (χ1n) is 6.47. The summed E-state index contributed by atoms with van der Waals surface area (Å²) in [7, 11) is 0. The molecule has 0 spiro atoms. The Morgan fingerprint density at radius 3 is 2.79 bits per heavy atom. The summed E-state index contributed by atoms with van der Waals surface area (Å²) < 4.78 is 5.61. The highest BCUT2D eigenvalue weighted by Crippen LogP contribution is 2.17. The molecule has 1 aliphatic rings. The van der Waals surface area contributed by atoms with Crippen LogP contribution in [0, 0.1) is 6.92 Å². The summed E-state index contributed by atoms with van der Waals surface area (Å²) in [6.07, 6.45) is -0.0586. The molecule has 1 aromatic rings. The quantitative estimate of drug-likeness (QED) is 0.801. The molecule has 5 nitrogen and oxygen atoms in total. The molecule has 5 heteroatoms. The first-order valence-corrected chi connectivity index (χ1v) is 6.47. The fourth-order valence-electron chi connectivity index (χ4n) is 2.34. The van der Waals surface area contributed by atoms with E-state index in [1.54, 1.807) is 0 Å². The molecular formula is C14H20N2O3. The summed E-state index contributed by atoms with van der Waals surface area (Å²) in [5.41, 5.74) is 6.50. The molecule has 0 radical (unpaired) electrons. The average molecular weight is 264 g/mol. The van der Waals surface area contributed by atoms with Gasteiger partial charge in [0.25, 0.3) is 0 Å². The van der Waals surface area contributed by atoms with Crippen molar-refractivity contribution in [2.75, 3.05) is 19.7 Å². The Hall–Kier alpha value is -1.59. The van der Waals surface area contributed by atoms with Crippen molar-refractivity contribution in [3.05, 3.63) is 29.8 Å². The van der Waals surface area contributed by atoms with Gasteiger partial charge < -0.3 is 15.6 Å². The molecule has 1 heterocycles. The van der Waals surface area contributed by atoms with E-state index in [1.165, 1.54) is 5.56 Å². The fraction of sp³-hybridized carbons (Fsp3) is 0.500. The molecule has 0 aromatic heterocycles. The van der Waals surface area contributed by atoms with Crippen LogP contribution in [0.1, 0.15) is 12.0 Å². The number of β-amino-alcohol motifs (C(OH)–C–C–N with tert-alkyl or cyclic N) is 1. The zero-order chi connectivity index (χ0) is 13.8. The van der Waals surface area contributed by atoms with Crippen molar-refractivity contribution in [3.8, 4) is 5.75 Å². The van der Waals surface area contributed by atoms with Gasteiger partial charge in [-0.2, -0.15) is 0 Å². The summed E-state index contributed by atoms with van der Waals surface area (Å²) in [6, 6.07) is 7.43. The van der Waals surface area contributed by atoms with Crippen LogP contribution in [0.15, 0.2) is 24.3 Å². The lowest BCUT2D eigenvalue weighted by Crippen LogP contribution is -2.42. The van der Waals surface area contributed by atoms with Gasteiger partial charge in [0.2, 0.25) is 5.91 Å². The number of rotatable bonds is 5. The normalized spacial score (nSPS) is 23.5. The third-order valence-electron chi connectivity index (χ3n) is 3.38. The molecule has 0 aliphatic carbocycles. The number of nitrogens with zero attached hydrogens (tertiary/aromatic N) is 1. The lowest BCUT2D eigenvalue weighted by Gasteiger charge is -2.21. The number of hydrogen-bond donors (Lipinski definition) is 2. The number of aliphatic hydroxyl groups excluding tert-OH is 1. The van der Waals surface area contributed by atoms with E-state index in [1.807, 2.05) is 36.1 Å². The Morgan fingerprint density at radius 2 is 2.16 bits per heavy atom. The number of carbonyl (C=O) groups excluding carboxylic acids is 1. The summed E-state index contributed by atoms with van der Waals surface area (Å²) in [6.45, 7) is 3.55. The molecule has 0 unspecified atom stereocenters. The van der Waals surface area contributed by atoms with Gasteiger partial charge in [-0.25, -0.2) is 0 Å². The maximum Gasteiger partial charge on any atom is 0.234 e. The molecule has 1 aliphatic heterocycles. The monoisotopic (exact) mass is 264 g/mol. The number of likely N-dealkylation sites (tertiary alicyclic amines) is 1. The molecule has 19 heavy (non-hydrogen) atoms. The molecule has 1 saturated heterocycles. The van der Waals surface area contributed by atoms with E-state index in [2.05, 4.69) is 0 Å². The SMILES string of the molecule is Cc1ccc(OCCN2C[C@@H](O)C[C@@H]2C(N)=O)cc1. The van der Waals surface area contributed by atoms with Crippen molar-refractivity contribution in [1.29, 1.82) is 0 Å². The van der Waals surface area contributed by atoms with E-state index in [-0.39, 0.29) is 11.9 Å². The van der Waals surface area contributed by atoms with E-state index in [0.29, 0.717) is 26.1 Å². The molecule has 2 rings (SSSR count). The highest BCUT2D eigenvalue weighted by molar-refractivity contribution is 5.80. The number of amides is 1. The first-order chi connectivity index (χ1) is 9.06. The van der Waals surface area contributed by atoms with Crippen LogP contribution in [-0.2, 0) is 4.79 Å². The Balaban J connectivity index is 1.81. The number of aliphatic hydroxyl groups is 1. The molecule has 0 saturated carbocycles. The maximum atomic E-state index is 11.3. The van der Waals surface area contributed by atoms with Gasteiger partial charge in [-0.15, -0.1) is 0 Å². The Kier molecular flexibility index (Phi) is 4.39. The number of benzene rings is 1. The minimum absolute atomic E-state index is 0.378. The van der Waals surface area contributed by atoms with E-state index < -0.39 is 6.10 Å². The summed E-state index contributed by atoms with van der Waals surface area (Å²) in [4.78, 5) is 13.1. The fourth-order valence-corrected chi connectivity index (χ4v) is 2.34. The minimum atomic E-state index is -0.475. The summed E-state index contributed by atoms with van der Waals surface area (Å²) in [5, 5.41) is 9.58. The van der Waals surface area contributed by atoms with E-state index in [4.69, 9.17) is 10.5 Å². The minimum Gasteiger partial charge on any atom is -0.492 e. The molecule has 1 fully saturated rings. The average Bonchev–Trinajstić information content (AvgIpc) is 2.73. The Labute approximate surface area is 113 Å². The van der Waals surface area contributed by atoms with Crippen LogP contribution < -0.4 is 10.5 Å². The standard InChI is InChI=1S/C14H20N2O3/c1-10-2-4-12(5-3-10)19-7-6-16-9-11(17)8-13(16)14(15)18/h2-5,11,13,17H,6-9H2,1H3,(H2,15,18)/t11-,13+/m0/s1. The third kappa shape index (κ3) is 3.68. The van der Waals surface area contributed by atoms with Gasteiger partial charge in [0, 0.05) is 13.1 Å². The highest BCUT2D eigenvalue weighted by Gasteiger charge is 2.34. The van der Waals surface area contributed by atoms with Crippen molar-refractivity contribution in [1.82, 2.24) is 4.90 Å². The van der Waals surface area contributed by atoms with Gasteiger partial charge in [-0.3, -0.25) is 9.69 Å². The predicted octanol–water partition coefficient (Wildman–Crippen LogP) is 0.294. The molecule has 1 amide bonds. The van der Waals surface area contributed by atoms with Crippen molar-refractivity contribution >= 4 is 5.91 Å². The number of ether oxygens (including phenoxy) is 1. The molecule has 2 atom stereocenters. The van der Waals surface area contributed by atoms with Crippen LogP contribution >= 0.6 is 0 Å². The molecular weight excluding hydrogens is 244 g/mol. The lowest BCUT2D eigenvalue weighted by molar-refractivity contribution is -0.122. The maximum absolute atomic E-state index is 11.3. The van der Waals surface area contributed by atoms with E-state index in [0.717, 1.165) is 5.75 Å². The van der Waals surface area contributed by atoms with Crippen molar-refractivity contribution in [2.45, 2.75) is 25.5 Å². The van der Waals surface area contributed by atoms with Gasteiger partial charge in [0.05, 0.1) is 12.1 Å². The van der Waals surface area contributed by atoms with Gasteiger partial charge in [0.1, 0.15) is 12.4 Å². The highest BCUT2D eigenvalue weighted by atomic mass is 16.5. The first kappa shape index (κ1) is 13.8. The van der Waals surface area contributed by atoms with Crippen LogP contribution in [0.3, 0.4) is 0 Å². The second-order valence-corrected chi connectivity index (χ2v) is 4.96. The number of hydrogen-bond acceptors (Lipinski definition) is 4. The second kappa shape index (κ2) is 6.04. The number of aryl methyl sites for hydroxylation is 1. The van der Waals surface area contributed by atoms with Crippen LogP contribution in [0.4, 0.5) is 0 Å². The second-order valence-electron chi connectivity index (χ2n) is 4.96. The Bertz CT molecular complexity index is 433. The lowest BCUT2D eigenvalue weighted by atomic mass is 10.2. The summed E-state index contributed by atoms with van der Waals surface area (Å²) >= 11 is 0. The molecule has 104 valence electrons. The topological polar surface area (TPSA) is 75.8 Å². The zero-order valence-electron chi connectivity index (χ0n) is 11.1. The molecule has 3 N–H and O–H groups in total. The van der Waals surface area contributed by atoms with Crippen molar-refractivity contribution in [2.24, 2.45) is 5.73 Å². The largest absolute Gasteiger partial charge is 0.492 e. The van der Waals surface area contributed by atoms with E-state index in [9.17, 15) is 9.90 Å². The van der Waals surface area contributed by atoms with Crippen LogP contribution in [0.2, 0.25) is 0 Å². The number of primary amides is 1. The van der Waals surface area contributed by atoms with Crippen molar-refractivity contribution < 1.29 is 14.6 Å². The number of carbonyl (C=O) groups is 1. The van der Waals surface area contributed by atoms with Gasteiger partial charge in [0.15, 0.2) is 0 Å². The number of nitrogens with two attached hydrogens (primary N) is 1.